The van der Waals surface area contributed by atoms with Gasteiger partial charge in [0.15, 0.2) is 0 Å². The largest absolute Gasteiger partial charge is 0.321 e. The minimum absolute atomic E-state index is 0.225. The van der Waals surface area contributed by atoms with Crippen LogP contribution < -0.4 is 10.0 Å². The standard InChI is InChI=1S/C19H15N3O3S/c1-26(24,25)22-13-6-7-18-15(11-13)16(19(23)21-18)10-12-8-9-20-17-5-3-2-4-14(12)17/h2-11,22H,1H3,(H,21,23). The summed E-state index contributed by atoms with van der Waals surface area (Å²) in [6.45, 7) is 0. The fourth-order valence-electron chi connectivity index (χ4n) is 3.01. The van der Waals surface area contributed by atoms with E-state index in [0.717, 1.165) is 22.7 Å². The van der Waals surface area contributed by atoms with Crippen LogP contribution in [0.4, 0.5) is 11.4 Å². The molecule has 0 unspecified atom stereocenters. The van der Waals surface area contributed by atoms with E-state index in [1.165, 1.54) is 0 Å². The number of hydrogen-bond donors (Lipinski definition) is 2. The van der Waals surface area contributed by atoms with Crippen LogP contribution in [0.25, 0.3) is 22.6 Å². The van der Waals surface area contributed by atoms with E-state index in [0.29, 0.717) is 22.5 Å². The quantitative estimate of drug-likeness (QED) is 0.698. The molecule has 26 heavy (non-hydrogen) atoms. The molecule has 0 saturated carbocycles. The van der Waals surface area contributed by atoms with Gasteiger partial charge in [-0.2, -0.15) is 0 Å². The second-order valence-electron chi connectivity index (χ2n) is 6.06. The lowest BCUT2D eigenvalue weighted by Gasteiger charge is -2.06. The molecule has 2 heterocycles. The summed E-state index contributed by atoms with van der Waals surface area (Å²) in [6.07, 6.45) is 4.59. The second kappa shape index (κ2) is 5.96. The normalized spacial score (nSPS) is 15.1. The summed E-state index contributed by atoms with van der Waals surface area (Å²) in [5.41, 5.74) is 3.91. The topological polar surface area (TPSA) is 88.2 Å². The zero-order valence-electron chi connectivity index (χ0n) is 13.9. The number of aromatic nitrogens is 1. The fraction of sp³-hybridized carbons (Fsp3) is 0.0526. The predicted octanol–water partition coefficient (Wildman–Crippen LogP) is 3.10. The van der Waals surface area contributed by atoms with Crippen LogP contribution in [0.1, 0.15) is 11.1 Å². The molecule has 0 aliphatic carbocycles. The number of benzene rings is 2. The van der Waals surface area contributed by atoms with Crippen molar-refractivity contribution in [3.8, 4) is 0 Å². The maximum absolute atomic E-state index is 12.4. The fourth-order valence-corrected chi connectivity index (χ4v) is 3.56. The first-order valence-electron chi connectivity index (χ1n) is 7.90. The van der Waals surface area contributed by atoms with Gasteiger partial charge in [0.2, 0.25) is 10.0 Å². The van der Waals surface area contributed by atoms with Crippen LogP contribution in [0.5, 0.6) is 0 Å². The van der Waals surface area contributed by atoms with Crippen molar-refractivity contribution in [2.75, 3.05) is 16.3 Å². The predicted molar refractivity (Wildman–Crippen MR) is 103 cm³/mol. The highest BCUT2D eigenvalue weighted by atomic mass is 32.2. The van der Waals surface area contributed by atoms with Crippen molar-refractivity contribution >= 4 is 49.9 Å². The first-order chi connectivity index (χ1) is 12.4. The highest BCUT2D eigenvalue weighted by Gasteiger charge is 2.25. The zero-order valence-corrected chi connectivity index (χ0v) is 14.7. The van der Waals surface area contributed by atoms with Crippen molar-refractivity contribution in [3.05, 3.63) is 65.9 Å². The molecule has 0 fully saturated rings. The number of pyridine rings is 1. The minimum atomic E-state index is -3.40. The molecule has 0 saturated heterocycles. The van der Waals surface area contributed by atoms with Gasteiger partial charge in [0, 0.05) is 34.1 Å². The van der Waals surface area contributed by atoms with E-state index in [1.807, 2.05) is 30.3 Å². The molecular weight excluding hydrogens is 350 g/mol. The Morgan fingerprint density at radius 3 is 2.73 bits per heavy atom. The number of nitrogens with zero attached hydrogens (tertiary/aromatic N) is 1. The summed E-state index contributed by atoms with van der Waals surface area (Å²) in [5.74, 6) is -0.225. The van der Waals surface area contributed by atoms with Crippen molar-refractivity contribution in [1.29, 1.82) is 0 Å². The Bertz CT molecular complexity index is 1180. The number of para-hydroxylation sites is 1. The highest BCUT2D eigenvalue weighted by Crippen LogP contribution is 2.36. The number of anilines is 2. The molecule has 2 N–H and O–H groups in total. The van der Waals surface area contributed by atoms with Crippen LogP contribution in [0.2, 0.25) is 0 Å². The van der Waals surface area contributed by atoms with Crippen LogP contribution in [0.3, 0.4) is 0 Å². The molecule has 1 aliphatic rings. The molecule has 2 aromatic carbocycles. The molecule has 1 aliphatic heterocycles. The molecule has 3 aromatic rings. The van der Waals surface area contributed by atoms with E-state index in [4.69, 9.17) is 0 Å². The van der Waals surface area contributed by atoms with Gasteiger partial charge in [0.1, 0.15) is 0 Å². The van der Waals surface area contributed by atoms with Crippen LogP contribution in [-0.4, -0.2) is 25.6 Å². The van der Waals surface area contributed by atoms with E-state index in [2.05, 4.69) is 15.0 Å². The van der Waals surface area contributed by atoms with Crippen molar-refractivity contribution in [3.63, 3.8) is 0 Å². The minimum Gasteiger partial charge on any atom is -0.321 e. The average Bonchev–Trinajstić information content (AvgIpc) is 2.89. The molecule has 0 radical (unpaired) electrons. The Morgan fingerprint density at radius 2 is 1.92 bits per heavy atom. The molecule has 6 nitrogen and oxygen atoms in total. The number of sulfonamides is 1. The number of carbonyl (C=O) groups is 1. The lowest BCUT2D eigenvalue weighted by atomic mass is 10.0. The molecule has 0 spiro atoms. The van der Waals surface area contributed by atoms with E-state index >= 15 is 0 Å². The van der Waals surface area contributed by atoms with Gasteiger partial charge in [-0.3, -0.25) is 14.5 Å². The van der Waals surface area contributed by atoms with Gasteiger partial charge in [0.05, 0.1) is 11.8 Å². The molecular formula is C19H15N3O3S. The highest BCUT2D eigenvalue weighted by molar-refractivity contribution is 7.92. The van der Waals surface area contributed by atoms with E-state index in [9.17, 15) is 13.2 Å². The van der Waals surface area contributed by atoms with Gasteiger partial charge >= 0.3 is 0 Å². The molecule has 1 aromatic heterocycles. The van der Waals surface area contributed by atoms with Gasteiger partial charge in [-0.15, -0.1) is 0 Å². The molecule has 130 valence electrons. The third-order valence-corrected chi connectivity index (χ3v) is 4.69. The van der Waals surface area contributed by atoms with Crippen molar-refractivity contribution in [2.24, 2.45) is 0 Å². The molecule has 4 rings (SSSR count). The zero-order chi connectivity index (χ0) is 18.3. The summed E-state index contributed by atoms with van der Waals surface area (Å²) < 4.78 is 25.4. The van der Waals surface area contributed by atoms with Gasteiger partial charge < -0.3 is 5.32 Å². The Balaban J connectivity index is 1.84. The van der Waals surface area contributed by atoms with E-state index < -0.39 is 10.0 Å². The maximum Gasteiger partial charge on any atom is 0.256 e. The Kier molecular flexibility index (Phi) is 3.73. The van der Waals surface area contributed by atoms with Crippen molar-refractivity contribution in [2.45, 2.75) is 0 Å². The number of carbonyl (C=O) groups excluding carboxylic acids is 1. The van der Waals surface area contributed by atoms with Gasteiger partial charge in [-0.1, -0.05) is 18.2 Å². The summed E-state index contributed by atoms with van der Waals surface area (Å²) in [5, 5.41) is 3.74. The van der Waals surface area contributed by atoms with Gasteiger partial charge in [0.25, 0.3) is 5.91 Å². The van der Waals surface area contributed by atoms with E-state index in [-0.39, 0.29) is 5.91 Å². The lowest BCUT2D eigenvalue weighted by Crippen LogP contribution is -2.09. The molecule has 0 atom stereocenters. The Labute approximate surface area is 150 Å². The third-order valence-electron chi connectivity index (χ3n) is 4.09. The first-order valence-corrected chi connectivity index (χ1v) is 9.79. The molecule has 1 amide bonds. The Hall–Kier alpha value is -3.19. The molecule has 0 bridgehead atoms. The summed E-state index contributed by atoms with van der Waals surface area (Å²) in [6, 6.07) is 14.5. The van der Waals surface area contributed by atoms with Crippen molar-refractivity contribution < 1.29 is 13.2 Å². The summed E-state index contributed by atoms with van der Waals surface area (Å²) in [4.78, 5) is 16.8. The number of nitrogens with one attached hydrogen (secondary N) is 2. The maximum atomic E-state index is 12.4. The molecule has 7 heteroatoms. The smallest absolute Gasteiger partial charge is 0.256 e. The first kappa shape index (κ1) is 16.3. The van der Waals surface area contributed by atoms with Gasteiger partial charge in [-0.05, 0) is 42.0 Å². The number of amides is 1. The van der Waals surface area contributed by atoms with Gasteiger partial charge in [-0.25, -0.2) is 8.42 Å². The SMILES string of the molecule is CS(=O)(=O)Nc1ccc2c(c1)C(=Cc1ccnc3ccccc13)C(=O)N2. The van der Waals surface area contributed by atoms with Crippen LogP contribution in [0.15, 0.2) is 54.7 Å². The van der Waals surface area contributed by atoms with Crippen LogP contribution in [-0.2, 0) is 14.8 Å². The summed E-state index contributed by atoms with van der Waals surface area (Å²) >= 11 is 0. The monoisotopic (exact) mass is 365 g/mol. The van der Waals surface area contributed by atoms with Crippen molar-refractivity contribution in [1.82, 2.24) is 4.98 Å². The lowest BCUT2D eigenvalue weighted by molar-refractivity contribution is -0.110. The average molecular weight is 365 g/mol. The number of hydrogen-bond acceptors (Lipinski definition) is 4. The Morgan fingerprint density at radius 1 is 1.12 bits per heavy atom. The summed E-state index contributed by atoms with van der Waals surface area (Å²) in [7, 11) is -3.40. The number of rotatable bonds is 3. The third kappa shape index (κ3) is 3.04. The van der Waals surface area contributed by atoms with Crippen LogP contribution >= 0.6 is 0 Å². The van der Waals surface area contributed by atoms with E-state index in [1.54, 1.807) is 30.5 Å². The van der Waals surface area contributed by atoms with Crippen LogP contribution in [0, 0.1) is 0 Å². The number of fused-ring (bicyclic) bond motifs is 2. The second-order valence-corrected chi connectivity index (χ2v) is 7.81.